The third-order valence-electron chi connectivity index (χ3n) is 6.28. The van der Waals surface area contributed by atoms with Crippen LogP contribution in [0, 0.1) is 19.8 Å². The Morgan fingerprint density at radius 3 is 2.57 bits per heavy atom. The molecule has 0 radical (unpaired) electrons. The third-order valence-corrected chi connectivity index (χ3v) is 6.28. The normalized spacial score (nSPS) is 17.9. The van der Waals surface area contributed by atoms with Gasteiger partial charge in [0.15, 0.2) is 5.69 Å². The number of hydrogen-bond donors (Lipinski definition) is 1. The van der Waals surface area contributed by atoms with Gasteiger partial charge in [-0.25, -0.2) is 4.68 Å². The van der Waals surface area contributed by atoms with Gasteiger partial charge in [-0.15, -0.1) is 12.4 Å². The first-order chi connectivity index (χ1) is 13.0. The Kier molecular flexibility index (Phi) is 6.15. The number of aryl methyl sites for hydroxylation is 2. The molecule has 0 bridgehead atoms. The van der Waals surface area contributed by atoms with Gasteiger partial charge < -0.3 is 10.6 Å². The molecule has 1 aliphatic heterocycles. The smallest absolute Gasteiger partial charge is 0.274 e. The molecule has 1 saturated heterocycles. The van der Waals surface area contributed by atoms with Crippen molar-refractivity contribution in [3.05, 3.63) is 46.3 Å². The quantitative estimate of drug-likeness (QED) is 0.853. The molecule has 1 aliphatic carbocycles. The van der Waals surface area contributed by atoms with Gasteiger partial charge in [0.25, 0.3) is 5.91 Å². The van der Waals surface area contributed by atoms with Crippen molar-refractivity contribution in [1.82, 2.24) is 14.7 Å². The Bertz CT molecular complexity index is 866. The van der Waals surface area contributed by atoms with Crippen molar-refractivity contribution >= 4 is 18.3 Å². The molecule has 1 unspecified atom stereocenters. The fourth-order valence-corrected chi connectivity index (χ4v) is 4.63. The summed E-state index contributed by atoms with van der Waals surface area (Å²) < 4.78 is 2.03. The molecule has 6 heteroatoms. The standard InChI is InChI=1S/C22H30N4O.ClH/c1-14-7-8-19(15(2)13-14)26-20-6-4-5-18(20)21(24-26)22(27)25-11-9-17(10-12-25)16(3)23;/h7-8,13,16-17H,4-6,9-12,23H2,1-3H3;1H. The third kappa shape index (κ3) is 3.70. The van der Waals surface area contributed by atoms with Gasteiger partial charge in [0.1, 0.15) is 0 Å². The minimum absolute atomic E-state index is 0. The van der Waals surface area contributed by atoms with Crippen molar-refractivity contribution in [3.63, 3.8) is 0 Å². The van der Waals surface area contributed by atoms with Crippen molar-refractivity contribution in [2.24, 2.45) is 11.7 Å². The molecular weight excluding hydrogens is 372 g/mol. The van der Waals surface area contributed by atoms with Crippen LogP contribution in [0.3, 0.4) is 0 Å². The summed E-state index contributed by atoms with van der Waals surface area (Å²) in [4.78, 5) is 15.2. The monoisotopic (exact) mass is 402 g/mol. The second-order valence-electron chi connectivity index (χ2n) is 8.32. The molecule has 152 valence electrons. The summed E-state index contributed by atoms with van der Waals surface area (Å²) in [5.74, 6) is 0.618. The molecule has 2 heterocycles. The van der Waals surface area contributed by atoms with E-state index in [4.69, 9.17) is 10.8 Å². The Morgan fingerprint density at radius 1 is 1.21 bits per heavy atom. The van der Waals surface area contributed by atoms with Crippen LogP contribution in [0.1, 0.15) is 59.1 Å². The molecule has 2 N–H and O–H groups in total. The van der Waals surface area contributed by atoms with E-state index in [1.807, 2.05) is 9.58 Å². The summed E-state index contributed by atoms with van der Waals surface area (Å²) in [7, 11) is 0. The number of hydrogen-bond acceptors (Lipinski definition) is 3. The molecule has 1 aromatic carbocycles. The highest BCUT2D eigenvalue weighted by Gasteiger charge is 2.32. The van der Waals surface area contributed by atoms with E-state index in [-0.39, 0.29) is 24.4 Å². The van der Waals surface area contributed by atoms with Gasteiger partial charge in [0.05, 0.1) is 5.69 Å². The second-order valence-corrected chi connectivity index (χ2v) is 8.32. The summed E-state index contributed by atoms with van der Waals surface area (Å²) in [6.07, 6.45) is 5.03. The highest BCUT2D eigenvalue weighted by molar-refractivity contribution is 5.94. The Labute approximate surface area is 173 Å². The Hall–Kier alpha value is -1.85. The first-order valence-corrected chi connectivity index (χ1v) is 10.2. The molecule has 2 aromatic rings. The van der Waals surface area contributed by atoms with Crippen LogP contribution in [0.2, 0.25) is 0 Å². The molecule has 2 aliphatic rings. The SMILES string of the molecule is Cc1ccc(-n2nc(C(=O)N3CCC(C(C)N)CC3)c3c2CCC3)c(C)c1.Cl. The van der Waals surface area contributed by atoms with Gasteiger partial charge in [-0.05, 0) is 70.4 Å². The lowest BCUT2D eigenvalue weighted by atomic mass is 9.91. The van der Waals surface area contributed by atoms with E-state index in [9.17, 15) is 4.79 Å². The van der Waals surface area contributed by atoms with E-state index in [1.54, 1.807) is 0 Å². The number of benzene rings is 1. The molecule has 0 spiro atoms. The first-order valence-electron chi connectivity index (χ1n) is 10.2. The molecule has 28 heavy (non-hydrogen) atoms. The summed E-state index contributed by atoms with van der Waals surface area (Å²) >= 11 is 0. The van der Waals surface area contributed by atoms with Crippen LogP contribution < -0.4 is 5.73 Å². The van der Waals surface area contributed by atoms with Crippen molar-refractivity contribution in [2.45, 2.75) is 58.9 Å². The fourth-order valence-electron chi connectivity index (χ4n) is 4.63. The van der Waals surface area contributed by atoms with Crippen molar-refractivity contribution < 1.29 is 4.79 Å². The number of halogens is 1. The van der Waals surface area contributed by atoms with Crippen LogP contribution in [0.5, 0.6) is 0 Å². The maximum absolute atomic E-state index is 13.2. The molecule has 0 saturated carbocycles. The lowest BCUT2D eigenvalue weighted by Crippen LogP contribution is -2.42. The zero-order chi connectivity index (χ0) is 19.1. The number of amides is 1. The highest BCUT2D eigenvalue weighted by Crippen LogP contribution is 2.30. The van der Waals surface area contributed by atoms with E-state index in [2.05, 4.69) is 39.0 Å². The van der Waals surface area contributed by atoms with E-state index < -0.39 is 0 Å². The maximum atomic E-state index is 13.2. The van der Waals surface area contributed by atoms with Crippen molar-refractivity contribution in [1.29, 1.82) is 0 Å². The lowest BCUT2D eigenvalue weighted by Gasteiger charge is -2.33. The largest absolute Gasteiger partial charge is 0.337 e. The van der Waals surface area contributed by atoms with Crippen LogP contribution in [-0.4, -0.2) is 39.7 Å². The van der Waals surface area contributed by atoms with Gasteiger partial charge in [-0.1, -0.05) is 17.7 Å². The van der Waals surface area contributed by atoms with Gasteiger partial charge in [0, 0.05) is 30.4 Å². The average molecular weight is 403 g/mol. The molecule has 4 rings (SSSR count). The lowest BCUT2D eigenvalue weighted by molar-refractivity contribution is 0.0673. The second kappa shape index (κ2) is 8.26. The number of piperidine rings is 1. The highest BCUT2D eigenvalue weighted by atomic mass is 35.5. The van der Waals surface area contributed by atoms with Crippen molar-refractivity contribution in [3.8, 4) is 5.69 Å². The van der Waals surface area contributed by atoms with Gasteiger partial charge in [-0.2, -0.15) is 5.10 Å². The van der Waals surface area contributed by atoms with Gasteiger partial charge in [0.2, 0.25) is 0 Å². The number of aromatic nitrogens is 2. The average Bonchev–Trinajstić information content (AvgIpc) is 3.24. The van der Waals surface area contributed by atoms with Crippen LogP contribution >= 0.6 is 12.4 Å². The number of likely N-dealkylation sites (tertiary alicyclic amines) is 1. The maximum Gasteiger partial charge on any atom is 0.274 e. The minimum Gasteiger partial charge on any atom is -0.337 e. The number of nitrogens with zero attached hydrogens (tertiary/aromatic N) is 3. The Morgan fingerprint density at radius 2 is 1.93 bits per heavy atom. The van der Waals surface area contributed by atoms with Gasteiger partial charge in [-0.3, -0.25) is 4.79 Å². The summed E-state index contributed by atoms with van der Waals surface area (Å²) in [5.41, 5.74) is 12.6. The van der Waals surface area contributed by atoms with Crippen LogP contribution in [0.4, 0.5) is 0 Å². The molecule has 5 nitrogen and oxygen atoms in total. The number of rotatable bonds is 3. The zero-order valence-electron chi connectivity index (χ0n) is 17.1. The van der Waals surface area contributed by atoms with E-state index in [0.717, 1.165) is 56.4 Å². The van der Waals surface area contributed by atoms with E-state index >= 15 is 0 Å². The van der Waals surface area contributed by atoms with E-state index in [1.165, 1.54) is 16.8 Å². The summed E-state index contributed by atoms with van der Waals surface area (Å²) in [6, 6.07) is 6.62. The number of nitrogens with two attached hydrogens (primary N) is 1. The molecular formula is C22H31ClN4O. The van der Waals surface area contributed by atoms with Gasteiger partial charge >= 0.3 is 0 Å². The summed E-state index contributed by atoms with van der Waals surface area (Å²) in [6.45, 7) is 7.86. The molecule has 1 atom stereocenters. The predicted octanol–water partition coefficient (Wildman–Crippen LogP) is 3.60. The Balaban J connectivity index is 0.00000225. The first kappa shape index (κ1) is 20.9. The molecule has 1 amide bonds. The molecule has 1 fully saturated rings. The van der Waals surface area contributed by atoms with E-state index in [0.29, 0.717) is 11.6 Å². The number of carbonyl (C=O) groups is 1. The van der Waals surface area contributed by atoms with Crippen LogP contribution in [0.15, 0.2) is 18.2 Å². The summed E-state index contributed by atoms with van der Waals surface area (Å²) in [5, 5.41) is 4.82. The van der Waals surface area contributed by atoms with Crippen molar-refractivity contribution in [2.75, 3.05) is 13.1 Å². The minimum atomic E-state index is 0. The van der Waals surface area contributed by atoms with Crippen LogP contribution in [-0.2, 0) is 12.8 Å². The molecule has 1 aromatic heterocycles. The van der Waals surface area contributed by atoms with Crippen LogP contribution in [0.25, 0.3) is 5.69 Å². The zero-order valence-corrected chi connectivity index (χ0v) is 17.9. The number of carbonyl (C=O) groups excluding carboxylic acids is 1. The predicted molar refractivity (Wildman–Crippen MR) is 115 cm³/mol. The fraction of sp³-hybridized carbons (Fsp3) is 0.545. The topological polar surface area (TPSA) is 64.2 Å². The number of fused-ring (bicyclic) bond motifs is 1.